The van der Waals surface area contributed by atoms with E-state index in [-0.39, 0.29) is 5.91 Å². The first-order valence-corrected chi connectivity index (χ1v) is 7.86. The van der Waals surface area contributed by atoms with E-state index in [2.05, 4.69) is 33.4 Å². The number of unbranched alkanes of at least 4 members (excludes halogenated alkanes) is 1. The summed E-state index contributed by atoms with van der Waals surface area (Å²) in [4.78, 5) is 12.4. The molecule has 3 nitrogen and oxygen atoms in total. The lowest BCUT2D eigenvalue weighted by Crippen LogP contribution is -2.26. The van der Waals surface area contributed by atoms with Crippen molar-refractivity contribution in [1.29, 1.82) is 0 Å². The van der Waals surface area contributed by atoms with Gasteiger partial charge in [-0.3, -0.25) is 4.79 Å². The molecule has 0 aromatic heterocycles. The minimum Gasteiger partial charge on any atom is -0.356 e. The summed E-state index contributed by atoms with van der Waals surface area (Å²) in [5.41, 5.74) is 5.29. The molecular weight excluding hydrogens is 312 g/mol. The van der Waals surface area contributed by atoms with E-state index in [9.17, 15) is 4.79 Å². The fourth-order valence-electron chi connectivity index (χ4n) is 1.42. The second-order valence-electron chi connectivity index (χ2n) is 3.87. The molecule has 0 aliphatic carbocycles. The first-order valence-electron chi connectivity index (χ1n) is 6.08. The molecule has 0 unspecified atom stereocenters. The lowest BCUT2D eigenvalue weighted by atomic mass is 10.3. The Bertz CT molecular complexity index is 374. The van der Waals surface area contributed by atoms with Gasteiger partial charge in [-0.15, -0.1) is 11.8 Å². The van der Waals surface area contributed by atoms with Gasteiger partial charge in [-0.25, -0.2) is 0 Å². The zero-order valence-electron chi connectivity index (χ0n) is 10.3. The minimum absolute atomic E-state index is 0.0518. The van der Waals surface area contributed by atoms with Crippen LogP contribution in [0.25, 0.3) is 0 Å². The number of hydrogen-bond acceptors (Lipinski definition) is 3. The largest absolute Gasteiger partial charge is 0.356 e. The molecule has 0 spiro atoms. The summed E-state index contributed by atoms with van der Waals surface area (Å²) in [6, 6.07) is 8.22. The first kappa shape index (κ1) is 15.5. The molecule has 0 atom stereocenters. The summed E-state index contributed by atoms with van der Waals surface area (Å²) in [6.07, 6.45) is 2.52. The van der Waals surface area contributed by atoms with E-state index in [0.29, 0.717) is 13.0 Å². The van der Waals surface area contributed by atoms with Crippen molar-refractivity contribution in [1.82, 2.24) is 5.32 Å². The Hall–Kier alpha value is -0.520. The number of carbonyl (C=O) groups excluding carboxylic acids is 1. The number of halogens is 1. The maximum Gasteiger partial charge on any atom is 0.221 e. The van der Waals surface area contributed by atoms with Gasteiger partial charge in [0.2, 0.25) is 5.91 Å². The van der Waals surface area contributed by atoms with E-state index >= 15 is 0 Å². The molecule has 0 bridgehead atoms. The third-order valence-corrected chi connectivity index (χ3v) is 4.47. The number of benzene rings is 1. The van der Waals surface area contributed by atoms with Gasteiger partial charge in [-0.05, 0) is 46.7 Å². The van der Waals surface area contributed by atoms with Crippen molar-refractivity contribution >= 4 is 33.6 Å². The van der Waals surface area contributed by atoms with Gasteiger partial charge in [0.15, 0.2) is 0 Å². The van der Waals surface area contributed by atoms with Crippen LogP contribution < -0.4 is 11.1 Å². The van der Waals surface area contributed by atoms with Crippen LogP contribution in [0, 0.1) is 0 Å². The van der Waals surface area contributed by atoms with Crippen LogP contribution in [0.1, 0.15) is 19.3 Å². The van der Waals surface area contributed by atoms with Crippen LogP contribution >= 0.6 is 27.7 Å². The molecule has 1 amide bonds. The fourth-order valence-corrected chi connectivity index (χ4v) is 3.00. The molecule has 1 aromatic carbocycles. The number of hydrogen-bond donors (Lipinski definition) is 2. The third-order valence-electron chi connectivity index (χ3n) is 2.36. The van der Waals surface area contributed by atoms with Gasteiger partial charge in [0, 0.05) is 28.9 Å². The van der Waals surface area contributed by atoms with E-state index in [4.69, 9.17) is 5.73 Å². The second-order valence-corrected chi connectivity index (χ2v) is 5.87. The predicted octanol–water partition coefficient (Wildman–Crippen LogP) is 2.79. The Morgan fingerprint density at radius 2 is 2.11 bits per heavy atom. The molecule has 1 aromatic rings. The highest BCUT2D eigenvalue weighted by atomic mass is 79.9. The highest BCUT2D eigenvalue weighted by Crippen LogP contribution is 2.27. The maximum atomic E-state index is 11.1. The van der Waals surface area contributed by atoms with E-state index in [1.165, 1.54) is 4.90 Å². The SMILES string of the molecule is NCCC(=O)NCCCCSc1ccccc1Br. The smallest absolute Gasteiger partial charge is 0.221 e. The van der Waals surface area contributed by atoms with Crippen LogP contribution in [-0.4, -0.2) is 24.7 Å². The quantitative estimate of drug-likeness (QED) is 0.569. The van der Waals surface area contributed by atoms with Crippen LogP contribution in [0.15, 0.2) is 33.6 Å². The van der Waals surface area contributed by atoms with Crippen molar-refractivity contribution in [3.8, 4) is 0 Å². The molecule has 0 heterocycles. The summed E-state index contributed by atoms with van der Waals surface area (Å²) < 4.78 is 1.14. The molecule has 100 valence electrons. The minimum atomic E-state index is 0.0518. The number of carbonyl (C=O) groups is 1. The third kappa shape index (κ3) is 6.42. The fraction of sp³-hybridized carbons (Fsp3) is 0.462. The molecule has 1 rings (SSSR count). The van der Waals surface area contributed by atoms with E-state index < -0.39 is 0 Å². The topological polar surface area (TPSA) is 55.1 Å². The molecular formula is C13H19BrN2OS. The summed E-state index contributed by atoms with van der Waals surface area (Å²) in [6.45, 7) is 1.17. The van der Waals surface area contributed by atoms with E-state index in [0.717, 1.165) is 29.6 Å². The Labute approximate surface area is 121 Å². The Kier molecular flexibility index (Phi) is 8.13. The van der Waals surface area contributed by atoms with Crippen LogP contribution in [0.3, 0.4) is 0 Å². The zero-order valence-corrected chi connectivity index (χ0v) is 12.7. The lowest BCUT2D eigenvalue weighted by molar-refractivity contribution is -0.120. The van der Waals surface area contributed by atoms with Crippen LogP contribution in [-0.2, 0) is 4.79 Å². The molecule has 0 saturated carbocycles. The highest BCUT2D eigenvalue weighted by Gasteiger charge is 2.00. The van der Waals surface area contributed by atoms with Crippen molar-refractivity contribution in [3.63, 3.8) is 0 Å². The van der Waals surface area contributed by atoms with Crippen molar-refractivity contribution in [3.05, 3.63) is 28.7 Å². The van der Waals surface area contributed by atoms with Crippen molar-refractivity contribution in [2.24, 2.45) is 5.73 Å². The first-order chi connectivity index (χ1) is 8.74. The van der Waals surface area contributed by atoms with Gasteiger partial charge in [-0.1, -0.05) is 12.1 Å². The molecule has 0 aliphatic rings. The van der Waals surface area contributed by atoms with Crippen LogP contribution in [0.5, 0.6) is 0 Å². The van der Waals surface area contributed by atoms with Gasteiger partial charge in [0.05, 0.1) is 0 Å². The van der Waals surface area contributed by atoms with Gasteiger partial charge in [0.25, 0.3) is 0 Å². The molecule has 0 aliphatic heterocycles. The molecule has 3 N–H and O–H groups in total. The molecule has 18 heavy (non-hydrogen) atoms. The van der Waals surface area contributed by atoms with Crippen LogP contribution in [0.2, 0.25) is 0 Å². The number of rotatable bonds is 8. The average molecular weight is 331 g/mol. The molecule has 0 fully saturated rings. The zero-order chi connectivity index (χ0) is 13.2. The monoisotopic (exact) mass is 330 g/mol. The maximum absolute atomic E-state index is 11.1. The molecule has 5 heteroatoms. The Morgan fingerprint density at radius 3 is 2.83 bits per heavy atom. The standard InChI is InChI=1S/C13H19BrN2OS/c14-11-5-1-2-6-12(11)18-10-4-3-9-16-13(17)7-8-15/h1-2,5-6H,3-4,7-10,15H2,(H,16,17). The van der Waals surface area contributed by atoms with Gasteiger partial charge in [0.1, 0.15) is 0 Å². The summed E-state index contributed by atoms with van der Waals surface area (Å²) >= 11 is 5.36. The number of amides is 1. The van der Waals surface area contributed by atoms with Gasteiger partial charge < -0.3 is 11.1 Å². The van der Waals surface area contributed by atoms with Crippen molar-refractivity contribution in [2.45, 2.75) is 24.2 Å². The number of thioether (sulfide) groups is 1. The average Bonchev–Trinajstić information content (AvgIpc) is 2.36. The Morgan fingerprint density at radius 1 is 1.33 bits per heavy atom. The molecule has 0 radical (unpaired) electrons. The number of nitrogens with one attached hydrogen (secondary N) is 1. The van der Waals surface area contributed by atoms with Gasteiger partial charge in [-0.2, -0.15) is 0 Å². The van der Waals surface area contributed by atoms with Crippen molar-refractivity contribution in [2.75, 3.05) is 18.8 Å². The van der Waals surface area contributed by atoms with E-state index in [1.54, 1.807) is 0 Å². The van der Waals surface area contributed by atoms with Gasteiger partial charge >= 0.3 is 0 Å². The van der Waals surface area contributed by atoms with Crippen molar-refractivity contribution < 1.29 is 4.79 Å². The highest BCUT2D eigenvalue weighted by molar-refractivity contribution is 9.10. The summed E-state index contributed by atoms with van der Waals surface area (Å²) in [5.74, 6) is 1.12. The normalized spacial score (nSPS) is 10.3. The predicted molar refractivity (Wildman–Crippen MR) is 80.8 cm³/mol. The molecule has 0 saturated heterocycles. The lowest BCUT2D eigenvalue weighted by Gasteiger charge is -2.05. The number of nitrogens with two attached hydrogens (primary N) is 1. The van der Waals surface area contributed by atoms with Crippen LogP contribution in [0.4, 0.5) is 0 Å². The Balaban J connectivity index is 2.06. The summed E-state index contributed by atoms with van der Waals surface area (Å²) in [7, 11) is 0. The second kappa shape index (κ2) is 9.42. The van der Waals surface area contributed by atoms with E-state index in [1.807, 2.05) is 23.9 Å². The summed E-state index contributed by atoms with van der Waals surface area (Å²) in [5, 5.41) is 2.86.